The molecule has 0 radical (unpaired) electrons. The third-order valence-electron chi connectivity index (χ3n) is 6.54. The number of ether oxygens (including phenoxy) is 1. The molecule has 10 heteroatoms. The van der Waals surface area contributed by atoms with Crippen LogP contribution in [0, 0.1) is 19.7 Å². The van der Waals surface area contributed by atoms with Gasteiger partial charge in [-0.05, 0) is 97.4 Å². The van der Waals surface area contributed by atoms with E-state index in [2.05, 4.69) is 32.7 Å². The van der Waals surface area contributed by atoms with Crippen molar-refractivity contribution < 1.29 is 23.5 Å². The van der Waals surface area contributed by atoms with Crippen molar-refractivity contribution in [2.45, 2.75) is 20.4 Å². The van der Waals surface area contributed by atoms with E-state index in [1.54, 1.807) is 6.08 Å². The molecular formula is C30H25BrFN3O4S. The number of carbonyl (C=O) groups is 3. The number of benzene rings is 3. The van der Waals surface area contributed by atoms with Gasteiger partial charge in [0.2, 0.25) is 5.91 Å². The van der Waals surface area contributed by atoms with Gasteiger partial charge in [-0.15, -0.1) is 0 Å². The van der Waals surface area contributed by atoms with E-state index in [0.29, 0.717) is 18.8 Å². The number of anilines is 1. The molecule has 0 saturated carbocycles. The molecule has 5 rings (SSSR count). The Morgan fingerprint density at radius 1 is 1.05 bits per heavy atom. The second kappa shape index (κ2) is 11.7. The lowest BCUT2D eigenvalue weighted by atomic mass is 10.1. The zero-order chi connectivity index (χ0) is 28.4. The van der Waals surface area contributed by atoms with E-state index in [1.807, 2.05) is 49.5 Å². The van der Waals surface area contributed by atoms with Crippen LogP contribution in [-0.2, 0) is 16.1 Å². The molecule has 3 amide bonds. The lowest BCUT2D eigenvalue weighted by Crippen LogP contribution is -2.36. The number of carbonyl (C=O) groups excluding carboxylic acids is 3. The number of aromatic nitrogens is 1. The minimum atomic E-state index is -0.556. The Morgan fingerprint density at radius 2 is 1.82 bits per heavy atom. The summed E-state index contributed by atoms with van der Waals surface area (Å²) in [7, 11) is 0. The highest BCUT2D eigenvalue weighted by atomic mass is 79.9. The lowest BCUT2D eigenvalue weighted by molar-refractivity contribution is -0.127. The fraction of sp³-hybridized carbons (Fsp3) is 0.167. The summed E-state index contributed by atoms with van der Waals surface area (Å²) in [6, 6.07) is 17.1. The van der Waals surface area contributed by atoms with Gasteiger partial charge >= 0.3 is 0 Å². The van der Waals surface area contributed by atoms with Crippen molar-refractivity contribution >= 4 is 67.4 Å². The van der Waals surface area contributed by atoms with Crippen LogP contribution in [0.15, 0.2) is 76.2 Å². The molecule has 1 N–H and O–H groups in total. The van der Waals surface area contributed by atoms with Crippen molar-refractivity contribution in [1.29, 1.82) is 0 Å². The maximum Gasteiger partial charge on any atom is 0.294 e. The highest BCUT2D eigenvalue weighted by molar-refractivity contribution is 9.10. The summed E-state index contributed by atoms with van der Waals surface area (Å²) < 4.78 is 22.0. The normalized spacial score (nSPS) is 14.4. The molecule has 0 atom stereocenters. The van der Waals surface area contributed by atoms with Crippen molar-refractivity contribution in [2.75, 3.05) is 18.5 Å². The molecule has 1 aromatic heterocycles. The largest absolute Gasteiger partial charge is 0.492 e. The number of halogens is 2. The van der Waals surface area contributed by atoms with Crippen molar-refractivity contribution in [3.63, 3.8) is 0 Å². The lowest BCUT2D eigenvalue weighted by Gasteiger charge is -2.12. The van der Waals surface area contributed by atoms with E-state index in [1.165, 1.54) is 29.8 Å². The average molecular weight is 623 g/mol. The van der Waals surface area contributed by atoms with E-state index in [9.17, 15) is 18.8 Å². The molecule has 1 fully saturated rings. The van der Waals surface area contributed by atoms with Gasteiger partial charge in [-0.3, -0.25) is 19.3 Å². The van der Waals surface area contributed by atoms with Crippen LogP contribution in [0.4, 0.5) is 14.9 Å². The van der Waals surface area contributed by atoms with E-state index in [-0.39, 0.29) is 4.91 Å². The van der Waals surface area contributed by atoms with Gasteiger partial charge in [0.25, 0.3) is 11.1 Å². The van der Waals surface area contributed by atoms with Gasteiger partial charge in [0.15, 0.2) is 0 Å². The molecule has 2 heterocycles. The SMILES string of the molecule is Cc1ccc(OCCn2cc(/C=C3\SC(=O)N(CC(=O)Nc4ccc(F)cc4)C3=O)c3cc(Br)ccc32)cc1C. The van der Waals surface area contributed by atoms with Crippen LogP contribution in [0.3, 0.4) is 0 Å². The maximum absolute atomic E-state index is 13.1. The van der Waals surface area contributed by atoms with E-state index < -0.39 is 29.4 Å². The monoisotopic (exact) mass is 621 g/mol. The molecule has 0 spiro atoms. The van der Waals surface area contributed by atoms with Crippen molar-refractivity contribution in [1.82, 2.24) is 9.47 Å². The Morgan fingerprint density at radius 3 is 2.58 bits per heavy atom. The maximum atomic E-state index is 13.1. The quantitative estimate of drug-likeness (QED) is 0.216. The fourth-order valence-electron chi connectivity index (χ4n) is 4.32. The molecular weight excluding hydrogens is 597 g/mol. The van der Waals surface area contributed by atoms with Gasteiger partial charge in [0.05, 0.1) is 11.4 Å². The minimum absolute atomic E-state index is 0.227. The molecule has 3 aromatic carbocycles. The number of rotatable bonds is 8. The summed E-state index contributed by atoms with van der Waals surface area (Å²) in [6.45, 7) is 4.68. The number of hydrogen-bond donors (Lipinski definition) is 1. The van der Waals surface area contributed by atoms with Crippen LogP contribution < -0.4 is 10.1 Å². The highest BCUT2D eigenvalue weighted by Crippen LogP contribution is 2.35. The van der Waals surface area contributed by atoms with Crippen LogP contribution in [0.1, 0.15) is 16.7 Å². The molecule has 1 aliphatic heterocycles. The van der Waals surface area contributed by atoms with Crippen LogP contribution in [0.2, 0.25) is 0 Å². The Labute approximate surface area is 243 Å². The Balaban J connectivity index is 1.32. The molecule has 1 saturated heterocycles. The van der Waals surface area contributed by atoms with Gasteiger partial charge in [-0.25, -0.2) is 4.39 Å². The summed E-state index contributed by atoms with van der Waals surface area (Å²) >= 11 is 4.31. The topological polar surface area (TPSA) is 80.6 Å². The Bertz CT molecular complexity index is 1670. The number of aryl methyl sites for hydroxylation is 2. The summed E-state index contributed by atoms with van der Waals surface area (Å²) in [5.74, 6) is -0.728. The second-order valence-electron chi connectivity index (χ2n) is 9.36. The molecule has 7 nitrogen and oxygen atoms in total. The number of fused-ring (bicyclic) bond motifs is 1. The standard InChI is InChI=1S/C30H25BrFN3O4S/c1-18-3-9-24(13-19(18)2)39-12-11-34-16-20(25-15-21(31)4-10-26(25)34)14-27-29(37)35(30(38)40-27)17-28(36)33-23-7-5-22(32)6-8-23/h3-10,13-16H,11-12,17H2,1-2H3,(H,33,36)/b27-14-. The van der Waals surface area contributed by atoms with Crippen molar-refractivity contribution in [3.8, 4) is 5.75 Å². The van der Waals surface area contributed by atoms with Gasteiger partial charge < -0.3 is 14.6 Å². The second-order valence-corrected chi connectivity index (χ2v) is 11.3. The first kappa shape index (κ1) is 27.7. The van der Waals surface area contributed by atoms with Crippen LogP contribution in [0.5, 0.6) is 5.75 Å². The molecule has 0 unspecified atom stereocenters. The molecule has 1 aliphatic rings. The fourth-order valence-corrected chi connectivity index (χ4v) is 5.51. The molecule has 0 aliphatic carbocycles. The smallest absolute Gasteiger partial charge is 0.294 e. The molecule has 204 valence electrons. The Kier molecular flexibility index (Phi) is 8.09. The summed E-state index contributed by atoms with van der Waals surface area (Å²) in [4.78, 5) is 39.3. The van der Waals surface area contributed by atoms with Gasteiger partial charge in [0, 0.05) is 32.8 Å². The predicted molar refractivity (Wildman–Crippen MR) is 159 cm³/mol. The van der Waals surface area contributed by atoms with Gasteiger partial charge in [0.1, 0.15) is 24.7 Å². The molecule has 0 bridgehead atoms. The van der Waals surface area contributed by atoms with E-state index in [0.717, 1.165) is 48.9 Å². The predicted octanol–water partition coefficient (Wildman–Crippen LogP) is 6.91. The van der Waals surface area contributed by atoms with E-state index in [4.69, 9.17) is 4.74 Å². The zero-order valence-electron chi connectivity index (χ0n) is 21.7. The van der Waals surface area contributed by atoms with Gasteiger partial charge in [-0.1, -0.05) is 22.0 Å². The highest BCUT2D eigenvalue weighted by Gasteiger charge is 2.36. The number of imide groups is 1. The molecule has 4 aromatic rings. The van der Waals surface area contributed by atoms with Crippen LogP contribution >= 0.6 is 27.7 Å². The first-order chi connectivity index (χ1) is 19.2. The van der Waals surface area contributed by atoms with E-state index >= 15 is 0 Å². The Hall–Kier alpha value is -3.89. The van der Waals surface area contributed by atoms with Crippen molar-refractivity contribution in [2.24, 2.45) is 0 Å². The molecule has 40 heavy (non-hydrogen) atoms. The average Bonchev–Trinajstić information content (AvgIpc) is 3.38. The number of thioether (sulfide) groups is 1. The number of hydrogen-bond acceptors (Lipinski definition) is 5. The third-order valence-corrected chi connectivity index (χ3v) is 7.94. The van der Waals surface area contributed by atoms with Crippen LogP contribution in [0.25, 0.3) is 17.0 Å². The van der Waals surface area contributed by atoms with Crippen molar-refractivity contribution in [3.05, 3.63) is 98.7 Å². The third kappa shape index (κ3) is 6.13. The first-order valence-corrected chi connectivity index (χ1v) is 14.1. The van der Waals surface area contributed by atoms with Gasteiger partial charge in [-0.2, -0.15) is 0 Å². The zero-order valence-corrected chi connectivity index (χ0v) is 24.1. The number of amides is 3. The summed E-state index contributed by atoms with van der Waals surface area (Å²) in [5.41, 5.74) is 4.46. The first-order valence-electron chi connectivity index (χ1n) is 12.5. The number of nitrogens with one attached hydrogen (secondary N) is 1. The minimum Gasteiger partial charge on any atom is -0.492 e. The summed E-state index contributed by atoms with van der Waals surface area (Å²) in [5, 5.41) is 2.95. The number of nitrogens with zero attached hydrogens (tertiary/aromatic N) is 2. The summed E-state index contributed by atoms with van der Waals surface area (Å²) in [6.07, 6.45) is 3.61. The van der Waals surface area contributed by atoms with Crippen LogP contribution in [-0.4, -0.2) is 39.7 Å².